The molecule has 0 spiro atoms. The van der Waals surface area contributed by atoms with Gasteiger partial charge < -0.3 is 20.1 Å². The number of aliphatic hydroxyl groups excluding tert-OH is 2. The minimum atomic E-state index is -3.41. The van der Waals surface area contributed by atoms with E-state index in [-0.39, 0.29) is 42.4 Å². The summed E-state index contributed by atoms with van der Waals surface area (Å²) in [4.78, 5) is 12.7. The highest BCUT2D eigenvalue weighted by Gasteiger charge is 2.72. The smallest absolute Gasteiger partial charge is 0.307 e. The molecular formula is C31H48F4O5. The Hall–Kier alpha value is -1.19. The Kier molecular flexibility index (Phi) is 8.84. The number of rotatable bonds is 8. The van der Waals surface area contributed by atoms with Gasteiger partial charge in [-0.3, -0.25) is 4.79 Å². The quantitative estimate of drug-likeness (QED) is 0.225. The van der Waals surface area contributed by atoms with E-state index in [4.69, 9.17) is 4.74 Å². The van der Waals surface area contributed by atoms with Gasteiger partial charge in [-0.2, -0.15) is 0 Å². The van der Waals surface area contributed by atoms with Crippen LogP contribution < -0.4 is 0 Å². The number of carboxylic acids is 1. The van der Waals surface area contributed by atoms with E-state index in [1.807, 2.05) is 13.8 Å². The molecule has 3 unspecified atom stereocenters. The zero-order valence-corrected chi connectivity index (χ0v) is 24.6. The zero-order chi connectivity index (χ0) is 29.9. The second-order valence-electron chi connectivity index (χ2n) is 14.4. The molecule has 0 aromatic rings. The molecule has 4 aliphatic carbocycles. The average molecular weight is 577 g/mol. The van der Waals surface area contributed by atoms with Crippen LogP contribution in [0.2, 0.25) is 0 Å². The van der Waals surface area contributed by atoms with Crippen molar-refractivity contribution in [2.24, 2.45) is 51.8 Å². The summed E-state index contributed by atoms with van der Waals surface area (Å²) in [5, 5.41) is 32.9. The van der Waals surface area contributed by atoms with E-state index >= 15 is 0 Å². The molecule has 230 valence electrons. The van der Waals surface area contributed by atoms with Gasteiger partial charge in [0.25, 0.3) is 12.9 Å². The number of fused-ring (bicyclic) bond motifs is 5. The predicted molar refractivity (Wildman–Crippen MR) is 143 cm³/mol. The fourth-order valence-corrected chi connectivity index (χ4v) is 10.4. The third-order valence-corrected chi connectivity index (χ3v) is 12.4. The first-order valence-corrected chi connectivity index (χ1v) is 14.9. The van der Waals surface area contributed by atoms with Gasteiger partial charge in [0.1, 0.15) is 0 Å². The number of ether oxygens (including phenoxy) is 1. The van der Waals surface area contributed by atoms with Crippen molar-refractivity contribution in [1.29, 1.82) is 0 Å². The summed E-state index contributed by atoms with van der Waals surface area (Å²) >= 11 is 0. The van der Waals surface area contributed by atoms with Crippen LogP contribution in [-0.4, -0.2) is 58.6 Å². The van der Waals surface area contributed by atoms with E-state index in [0.717, 1.165) is 24.8 Å². The molecule has 40 heavy (non-hydrogen) atoms. The van der Waals surface area contributed by atoms with Crippen molar-refractivity contribution in [2.45, 2.75) is 124 Å². The fourth-order valence-electron chi connectivity index (χ4n) is 10.4. The number of alkyl halides is 4. The summed E-state index contributed by atoms with van der Waals surface area (Å²) in [6.07, 6.45) is -6.37. The van der Waals surface area contributed by atoms with E-state index in [2.05, 4.69) is 27.7 Å². The lowest BCUT2D eigenvalue weighted by atomic mass is 9.36. The fraction of sp³-hybridized carbons (Fsp3) is 0.903. The SMILES string of the molecule is CC(C)=CC[C@@H](C(=O)O)[C@@H]1C2C[C@@H](O)C3[C@@]4(C)CC[C@@H](O)[C@@H](C)C4CC[C@]3(C)[C@@]2(C)C[C@@H]1OC(C(F)F)C(F)F. The zero-order valence-electron chi connectivity index (χ0n) is 24.6. The van der Waals surface area contributed by atoms with Gasteiger partial charge in [-0.25, -0.2) is 17.6 Å². The Morgan fingerprint density at radius 3 is 2.15 bits per heavy atom. The van der Waals surface area contributed by atoms with Gasteiger partial charge in [0.15, 0.2) is 6.10 Å². The van der Waals surface area contributed by atoms with Crippen molar-refractivity contribution in [1.82, 2.24) is 0 Å². The van der Waals surface area contributed by atoms with Crippen molar-refractivity contribution in [3.63, 3.8) is 0 Å². The van der Waals surface area contributed by atoms with Gasteiger partial charge in [-0.1, -0.05) is 39.3 Å². The Morgan fingerprint density at radius 2 is 1.60 bits per heavy atom. The molecule has 12 atom stereocenters. The van der Waals surface area contributed by atoms with E-state index < -0.39 is 71.8 Å². The first-order chi connectivity index (χ1) is 18.5. The number of carboxylic acid groups (broad SMARTS) is 1. The number of halogens is 4. The highest BCUT2D eigenvalue weighted by molar-refractivity contribution is 5.71. The molecule has 5 nitrogen and oxygen atoms in total. The standard InChI is InChI=1S/C31H48F4O5/c1-15(2)7-8-17(28(38)39)23-19-13-21(37)25-29(4)11-10-20(36)16(3)18(29)9-12-30(25,5)31(19,6)14-22(23)40-24(26(32)33)27(34)35/h7,16-27,36-37H,8-14H2,1-6H3,(H,38,39)/t16-,17+,18?,19?,20+,21+,22-,23+,25?,29-,30-,31-/m0/s1. The molecule has 4 saturated carbocycles. The molecule has 3 N–H and O–H groups in total. The van der Waals surface area contributed by atoms with Crippen molar-refractivity contribution < 1.29 is 42.4 Å². The van der Waals surface area contributed by atoms with Gasteiger partial charge in [0, 0.05) is 5.92 Å². The monoisotopic (exact) mass is 576 g/mol. The number of hydrogen-bond donors (Lipinski definition) is 3. The number of aliphatic carboxylic acids is 1. The highest BCUT2D eigenvalue weighted by atomic mass is 19.3. The third kappa shape index (κ3) is 4.93. The summed E-state index contributed by atoms with van der Waals surface area (Å²) < 4.78 is 60.5. The van der Waals surface area contributed by atoms with Crippen LogP contribution in [0.4, 0.5) is 17.6 Å². The molecule has 0 amide bonds. The van der Waals surface area contributed by atoms with Crippen LogP contribution in [0.1, 0.15) is 86.5 Å². The molecule has 0 saturated heterocycles. The number of allylic oxidation sites excluding steroid dienone is 2. The molecule has 0 heterocycles. The van der Waals surface area contributed by atoms with Crippen molar-refractivity contribution in [3.05, 3.63) is 11.6 Å². The number of carbonyl (C=O) groups is 1. The second kappa shape index (κ2) is 11.1. The van der Waals surface area contributed by atoms with E-state index in [1.54, 1.807) is 6.08 Å². The summed E-state index contributed by atoms with van der Waals surface area (Å²) in [5.74, 6) is -3.21. The Bertz CT molecular complexity index is 963. The van der Waals surface area contributed by atoms with Crippen molar-refractivity contribution >= 4 is 5.97 Å². The molecule has 0 aromatic carbocycles. The van der Waals surface area contributed by atoms with Crippen molar-refractivity contribution in [3.8, 4) is 0 Å². The molecule has 4 fully saturated rings. The third-order valence-electron chi connectivity index (χ3n) is 12.4. The lowest BCUT2D eigenvalue weighted by Crippen LogP contribution is -2.66. The van der Waals surface area contributed by atoms with Crippen LogP contribution in [-0.2, 0) is 9.53 Å². The minimum absolute atomic E-state index is 0.0757. The van der Waals surface area contributed by atoms with Crippen LogP contribution in [0.15, 0.2) is 11.6 Å². The van der Waals surface area contributed by atoms with Crippen LogP contribution in [0.3, 0.4) is 0 Å². The van der Waals surface area contributed by atoms with Gasteiger partial charge in [-0.05, 0) is 98.7 Å². The molecule has 4 aliphatic rings. The number of aliphatic hydroxyl groups is 2. The van der Waals surface area contributed by atoms with Crippen LogP contribution >= 0.6 is 0 Å². The van der Waals surface area contributed by atoms with Crippen LogP contribution in [0.5, 0.6) is 0 Å². The minimum Gasteiger partial charge on any atom is -0.481 e. The number of hydrogen-bond acceptors (Lipinski definition) is 4. The maximum Gasteiger partial charge on any atom is 0.307 e. The topological polar surface area (TPSA) is 87.0 Å². The Morgan fingerprint density at radius 1 is 0.975 bits per heavy atom. The van der Waals surface area contributed by atoms with Crippen LogP contribution in [0, 0.1) is 51.8 Å². The molecule has 0 aliphatic heterocycles. The van der Waals surface area contributed by atoms with E-state index in [9.17, 15) is 37.7 Å². The summed E-state index contributed by atoms with van der Waals surface area (Å²) in [6.45, 7) is 12.1. The molecule has 0 bridgehead atoms. The molecule has 9 heteroatoms. The lowest BCUT2D eigenvalue weighted by Gasteiger charge is -2.69. The first kappa shape index (κ1) is 31.7. The van der Waals surface area contributed by atoms with Gasteiger partial charge in [0.05, 0.1) is 24.2 Å². The summed E-state index contributed by atoms with van der Waals surface area (Å²) in [6, 6.07) is 0. The molecule has 0 aromatic heterocycles. The average Bonchev–Trinajstić information content (AvgIpc) is 3.12. The lowest BCUT2D eigenvalue weighted by molar-refractivity contribution is -0.240. The predicted octanol–water partition coefficient (Wildman–Crippen LogP) is 6.56. The van der Waals surface area contributed by atoms with Crippen LogP contribution in [0.25, 0.3) is 0 Å². The van der Waals surface area contributed by atoms with E-state index in [0.29, 0.717) is 6.42 Å². The first-order valence-electron chi connectivity index (χ1n) is 14.9. The van der Waals surface area contributed by atoms with Gasteiger partial charge >= 0.3 is 5.97 Å². The van der Waals surface area contributed by atoms with Gasteiger partial charge in [0.2, 0.25) is 0 Å². The largest absolute Gasteiger partial charge is 0.481 e. The Labute approximate surface area is 235 Å². The Balaban J connectivity index is 1.80. The normalized spacial score (nSPS) is 45.7. The maximum absolute atomic E-state index is 13.7. The van der Waals surface area contributed by atoms with Crippen molar-refractivity contribution in [2.75, 3.05) is 0 Å². The van der Waals surface area contributed by atoms with E-state index in [1.165, 1.54) is 0 Å². The van der Waals surface area contributed by atoms with Gasteiger partial charge in [-0.15, -0.1) is 0 Å². The molecule has 4 rings (SSSR count). The molecular weight excluding hydrogens is 528 g/mol. The summed E-state index contributed by atoms with van der Waals surface area (Å²) in [5.41, 5.74) is -0.481. The maximum atomic E-state index is 13.7. The second-order valence-corrected chi connectivity index (χ2v) is 14.4. The molecule has 0 radical (unpaired) electrons. The highest BCUT2D eigenvalue weighted by Crippen LogP contribution is 2.75. The summed E-state index contributed by atoms with van der Waals surface area (Å²) in [7, 11) is 0.